The zero-order chi connectivity index (χ0) is 17.1. The fourth-order valence-corrected chi connectivity index (χ4v) is 2.18. The number of aromatic nitrogens is 3. The van der Waals surface area contributed by atoms with Gasteiger partial charge in [-0.3, -0.25) is 9.59 Å². The van der Waals surface area contributed by atoms with Gasteiger partial charge in [-0.15, -0.1) is 5.10 Å². The van der Waals surface area contributed by atoms with Gasteiger partial charge in [-0.2, -0.15) is 0 Å². The molecule has 3 rings (SSSR count). The van der Waals surface area contributed by atoms with Gasteiger partial charge in [0.15, 0.2) is 5.76 Å². The standard InChI is InChI=1S/C15H13FN4O4/c16-10-2-1-9-5-13(24-12(9)6-10)15(23)17-4-3-11-7-20(19-18-11)8-14(21)22/h1-2,5-7H,3-4,8H2,(H,17,23)(H,21,22). The van der Waals surface area contributed by atoms with E-state index in [9.17, 15) is 14.0 Å². The minimum Gasteiger partial charge on any atom is -0.480 e. The largest absolute Gasteiger partial charge is 0.480 e. The molecular formula is C15H13FN4O4. The van der Waals surface area contributed by atoms with Crippen LogP contribution in [-0.4, -0.2) is 38.5 Å². The molecule has 24 heavy (non-hydrogen) atoms. The number of nitrogens with one attached hydrogen (secondary N) is 1. The highest BCUT2D eigenvalue weighted by Crippen LogP contribution is 2.20. The van der Waals surface area contributed by atoms with Gasteiger partial charge in [-0.1, -0.05) is 5.21 Å². The number of benzene rings is 1. The van der Waals surface area contributed by atoms with Crippen LogP contribution >= 0.6 is 0 Å². The molecule has 2 N–H and O–H groups in total. The van der Waals surface area contributed by atoms with E-state index in [0.29, 0.717) is 23.1 Å². The third-order valence-corrected chi connectivity index (χ3v) is 3.26. The van der Waals surface area contributed by atoms with E-state index >= 15 is 0 Å². The van der Waals surface area contributed by atoms with Crippen LogP contribution in [0.1, 0.15) is 16.2 Å². The smallest absolute Gasteiger partial charge is 0.325 e. The molecule has 9 heteroatoms. The van der Waals surface area contributed by atoms with Crippen molar-refractivity contribution in [2.24, 2.45) is 0 Å². The van der Waals surface area contributed by atoms with Crippen molar-refractivity contribution < 1.29 is 23.5 Å². The lowest BCUT2D eigenvalue weighted by atomic mass is 10.2. The zero-order valence-electron chi connectivity index (χ0n) is 12.4. The van der Waals surface area contributed by atoms with E-state index in [1.165, 1.54) is 35.1 Å². The Hall–Kier alpha value is -3.23. The number of amides is 1. The molecular weight excluding hydrogens is 319 g/mol. The van der Waals surface area contributed by atoms with Crippen LogP contribution < -0.4 is 5.32 Å². The SMILES string of the molecule is O=C(O)Cn1cc(CCNC(=O)c2cc3ccc(F)cc3o2)nn1. The summed E-state index contributed by atoms with van der Waals surface area (Å²) in [6.07, 6.45) is 1.89. The van der Waals surface area contributed by atoms with Gasteiger partial charge in [-0.25, -0.2) is 9.07 Å². The number of aliphatic carboxylic acids is 1. The number of nitrogens with zero attached hydrogens (tertiary/aromatic N) is 3. The molecule has 0 radical (unpaired) electrons. The Morgan fingerprint density at radius 1 is 1.33 bits per heavy atom. The van der Waals surface area contributed by atoms with Gasteiger partial charge in [0.1, 0.15) is 17.9 Å². The number of carboxylic acid groups (broad SMARTS) is 1. The first-order chi connectivity index (χ1) is 11.5. The Morgan fingerprint density at radius 2 is 2.17 bits per heavy atom. The first-order valence-electron chi connectivity index (χ1n) is 7.09. The number of rotatable bonds is 6. The molecule has 2 heterocycles. The van der Waals surface area contributed by atoms with Crippen molar-refractivity contribution >= 4 is 22.8 Å². The van der Waals surface area contributed by atoms with Crippen LogP contribution in [-0.2, 0) is 17.8 Å². The topological polar surface area (TPSA) is 110 Å². The highest BCUT2D eigenvalue weighted by molar-refractivity contribution is 5.96. The van der Waals surface area contributed by atoms with Gasteiger partial charge in [0.2, 0.25) is 0 Å². The van der Waals surface area contributed by atoms with Crippen LogP contribution in [0.4, 0.5) is 4.39 Å². The third kappa shape index (κ3) is 3.57. The van der Waals surface area contributed by atoms with E-state index in [-0.39, 0.29) is 18.8 Å². The van der Waals surface area contributed by atoms with Crippen molar-refractivity contribution in [2.45, 2.75) is 13.0 Å². The summed E-state index contributed by atoms with van der Waals surface area (Å²) in [4.78, 5) is 22.6. The van der Waals surface area contributed by atoms with Gasteiger partial charge in [0.05, 0.1) is 5.69 Å². The molecule has 0 saturated carbocycles. The van der Waals surface area contributed by atoms with Crippen LogP contribution in [0.5, 0.6) is 0 Å². The summed E-state index contributed by atoms with van der Waals surface area (Å²) < 4.78 is 19.6. The van der Waals surface area contributed by atoms with Crippen molar-refractivity contribution in [3.63, 3.8) is 0 Å². The van der Waals surface area contributed by atoms with E-state index in [0.717, 1.165) is 0 Å². The summed E-state index contributed by atoms with van der Waals surface area (Å²) in [6, 6.07) is 5.58. The molecule has 8 nitrogen and oxygen atoms in total. The molecule has 2 aromatic heterocycles. The molecule has 1 aromatic carbocycles. The lowest BCUT2D eigenvalue weighted by Gasteiger charge is -2.00. The maximum Gasteiger partial charge on any atom is 0.325 e. The van der Waals surface area contributed by atoms with Crippen LogP contribution in [0.2, 0.25) is 0 Å². The predicted molar refractivity (Wildman–Crippen MR) is 79.9 cm³/mol. The molecule has 0 bridgehead atoms. The number of carboxylic acids is 1. The van der Waals surface area contributed by atoms with Gasteiger partial charge < -0.3 is 14.8 Å². The lowest BCUT2D eigenvalue weighted by Crippen LogP contribution is -2.25. The molecule has 1 amide bonds. The van der Waals surface area contributed by atoms with Crippen molar-refractivity contribution in [1.29, 1.82) is 0 Å². The number of hydrogen-bond acceptors (Lipinski definition) is 5. The molecule has 0 spiro atoms. The highest BCUT2D eigenvalue weighted by Gasteiger charge is 2.12. The summed E-state index contributed by atoms with van der Waals surface area (Å²) in [6.45, 7) is 0.00487. The summed E-state index contributed by atoms with van der Waals surface area (Å²) in [5.41, 5.74) is 0.861. The van der Waals surface area contributed by atoms with Gasteiger partial charge in [-0.05, 0) is 18.2 Å². The van der Waals surface area contributed by atoms with Crippen LogP contribution in [0.25, 0.3) is 11.0 Å². The Bertz CT molecular complexity index is 902. The van der Waals surface area contributed by atoms with Crippen LogP contribution in [0, 0.1) is 5.82 Å². The zero-order valence-corrected chi connectivity index (χ0v) is 12.4. The fourth-order valence-electron chi connectivity index (χ4n) is 2.18. The first kappa shape index (κ1) is 15.7. The minimum absolute atomic E-state index is 0.0881. The second-order valence-corrected chi connectivity index (χ2v) is 5.10. The van der Waals surface area contributed by atoms with Crippen molar-refractivity contribution in [1.82, 2.24) is 20.3 Å². The molecule has 124 valence electrons. The van der Waals surface area contributed by atoms with E-state index in [1.807, 2.05) is 0 Å². The summed E-state index contributed by atoms with van der Waals surface area (Å²) >= 11 is 0. The van der Waals surface area contributed by atoms with Crippen LogP contribution in [0.15, 0.2) is 34.9 Å². The molecule has 0 aliphatic heterocycles. The average molecular weight is 332 g/mol. The number of furan rings is 1. The third-order valence-electron chi connectivity index (χ3n) is 3.26. The first-order valence-corrected chi connectivity index (χ1v) is 7.09. The lowest BCUT2D eigenvalue weighted by molar-refractivity contribution is -0.137. The predicted octanol–water partition coefficient (Wildman–Crippen LogP) is 1.22. The molecule has 0 aliphatic carbocycles. The van der Waals surface area contributed by atoms with E-state index in [1.54, 1.807) is 0 Å². The van der Waals surface area contributed by atoms with E-state index in [2.05, 4.69) is 15.6 Å². The number of carbonyl (C=O) groups is 2. The molecule has 0 atom stereocenters. The normalized spacial score (nSPS) is 10.9. The summed E-state index contributed by atoms with van der Waals surface area (Å²) in [7, 11) is 0. The Balaban J connectivity index is 1.56. The highest BCUT2D eigenvalue weighted by atomic mass is 19.1. The summed E-state index contributed by atoms with van der Waals surface area (Å²) in [5, 5.41) is 19.4. The average Bonchev–Trinajstić information content (AvgIpc) is 3.12. The second-order valence-electron chi connectivity index (χ2n) is 5.10. The quantitative estimate of drug-likeness (QED) is 0.702. The fraction of sp³-hybridized carbons (Fsp3) is 0.200. The van der Waals surface area contributed by atoms with Crippen molar-refractivity contribution in [3.8, 4) is 0 Å². The van der Waals surface area contributed by atoms with Gasteiger partial charge in [0, 0.05) is 30.6 Å². The van der Waals surface area contributed by atoms with Crippen LogP contribution in [0.3, 0.4) is 0 Å². The van der Waals surface area contributed by atoms with Gasteiger partial charge >= 0.3 is 5.97 Å². The monoisotopic (exact) mass is 332 g/mol. The van der Waals surface area contributed by atoms with Crippen molar-refractivity contribution in [3.05, 3.63) is 47.7 Å². The molecule has 0 unspecified atom stereocenters. The molecule has 3 aromatic rings. The maximum absolute atomic E-state index is 13.1. The van der Waals surface area contributed by atoms with E-state index < -0.39 is 17.7 Å². The summed E-state index contributed by atoms with van der Waals surface area (Å²) in [5.74, 6) is -1.79. The Labute approximate surface area is 134 Å². The maximum atomic E-state index is 13.1. The van der Waals surface area contributed by atoms with Crippen molar-refractivity contribution in [2.75, 3.05) is 6.54 Å². The Kier molecular flexibility index (Phi) is 4.23. The number of halogens is 1. The number of fused-ring (bicyclic) bond motifs is 1. The number of hydrogen-bond donors (Lipinski definition) is 2. The molecule has 0 aliphatic rings. The molecule has 0 fully saturated rings. The minimum atomic E-state index is -1.01. The number of carbonyl (C=O) groups excluding carboxylic acids is 1. The van der Waals surface area contributed by atoms with Gasteiger partial charge in [0.25, 0.3) is 5.91 Å². The Morgan fingerprint density at radius 3 is 2.96 bits per heavy atom. The van der Waals surface area contributed by atoms with E-state index in [4.69, 9.17) is 9.52 Å². The second kappa shape index (κ2) is 6.49. The molecule has 0 saturated heterocycles.